The molecular formula is C13H25N3O5SSi. The van der Waals surface area contributed by atoms with Gasteiger partial charge in [0.1, 0.15) is 10.8 Å². The summed E-state index contributed by atoms with van der Waals surface area (Å²) in [6.07, 6.45) is 0.323. The van der Waals surface area contributed by atoms with Crippen molar-refractivity contribution in [2.75, 3.05) is 33.2 Å². The van der Waals surface area contributed by atoms with E-state index in [1.165, 1.54) is 11.3 Å². The first-order chi connectivity index (χ1) is 10.9. The molecule has 132 valence electrons. The number of anilines is 1. The lowest BCUT2D eigenvalue weighted by molar-refractivity contribution is -0.120. The second kappa shape index (κ2) is 10.1. The number of aryl methyl sites for hydroxylation is 1. The Morgan fingerprint density at radius 1 is 1.30 bits per heavy atom. The first kappa shape index (κ1) is 20.1. The monoisotopic (exact) mass is 363 g/mol. The highest BCUT2D eigenvalue weighted by Crippen LogP contribution is 2.17. The molecule has 0 aliphatic rings. The van der Waals surface area contributed by atoms with E-state index in [2.05, 4.69) is 15.5 Å². The van der Waals surface area contributed by atoms with Gasteiger partial charge in [-0.25, -0.2) is 0 Å². The van der Waals surface area contributed by atoms with Gasteiger partial charge < -0.3 is 23.7 Å². The molecule has 0 fully saturated rings. The van der Waals surface area contributed by atoms with E-state index in [4.69, 9.17) is 13.3 Å². The number of nitrogens with one attached hydrogen (secondary N) is 1. The summed E-state index contributed by atoms with van der Waals surface area (Å²) >= 11 is 1.41. The molecule has 0 saturated carbocycles. The highest BCUT2D eigenvalue weighted by atomic mass is 32.1. The van der Waals surface area contributed by atoms with Crippen molar-refractivity contribution >= 4 is 31.1 Å². The van der Waals surface area contributed by atoms with E-state index in [1.807, 2.05) is 6.92 Å². The largest absolute Gasteiger partial charge is 0.500 e. The molecule has 0 saturated heterocycles. The molecule has 1 heterocycles. The van der Waals surface area contributed by atoms with Crippen LogP contribution in [0.15, 0.2) is 0 Å². The number of hydrogen-bond acceptors (Lipinski definition) is 9. The Morgan fingerprint density at radius 3 is 2.48 bits per heavy atom. The molecule has 0 aromatic carbocycles. The molecule has 10 heteroatoms. The van der Waals surface area contributed by atoms with Crippen LogP contribution in [-0.2, 0) is 18.1 Å². The summed E-state index contributed by atoms with van der Waals surface area (Å²) in [6, 6.07) is 0.570. The van der Waals surface area contributed by atoms with Gasteiger partial charge in [-0.3, -0.25) is 4.79 Å². The van der Waals surface area contributed by atoms with Crippen LogP contribution in [0.4, 0.5) is 5.13 Å². The molecule has 1 aromatic rings. The summed E-state index contributed by atoms with van der Waals surface area (Å²) in [6.45, 7) is 2.12. The van der Waals surface area contributed by atoms with E-state index in [9.17, 15) is 9.90 Å². The minimum atomic E-state index is -2.62. The lowest BCUT2D eigenvalue weighted by atomic mass is 10.1. The molecule has 0 aliphatic heterocycles. The highest BCUT2D eigenvalue weighted by molar-refractivity contribution is 7.15. The van der Waals surface area contributed by atoms with Crippen molar-refractivity contribution < 1.29 is 23.2 Å². The number of nitrogens with zero attached hydrogens (tertiary/aromatic N) is 2. The number of aliphatic hydroxyl groups excluding tert-OH is 1. The van der Waals surface area contributed by atoms with Crippen LogP contribution >= 0.6 is 11.3 Å². The fraction of sp³-hybridized carbons (Fsp3) is 0.769. The third-order valence-electron chi connectivity index (χ3n) is 3.35. The van der Waals surface area contributed by atoms with Gasteiger partial charge in [0.15, 0.2) is 0 Å². The number of carbonyl (C=O) groups excluding carboxylic acids is 1. The zero-order chi connectivity index (χ0) is 17.3. The van der Waals surface area contributed by atoms with Gasteiger partial charge in [0.25, 0.3) is 0 Å². The summed E-state index contributed by atoms with van der Waals surface area (Å²) in [5.41, 5.74) is 0. The quantitative estimate of drug-likeness (QED) is 0.535. The lowest BCUT2D eigenvalue weighted by Crippen LogP contribution is -2.42. The average Bonchev–Trinajstić information content (AvgIpc) is 2.95. The summed E-state index contributed by atoms with van der Waals surface area (Å²) < 4.78 is 15.9. The van der Waals surface area contributed by atoms with Gasteiger partial charge in [-0.15, -0.1) is 10.2 Å². The summed E-state index contributed by atoms with van der Waals surface area (Å²) in [5.74, 6) is -0.000969. The number of aromatic nitrogens is 2. The number of carbonyl (C=O) groups is 1. The van der Waals surface area contributed by atoms with Gasteiger partial charge in [0.2, 0.25) is 5.13 Å². The number of aliphatic hydroxyl groups is 1. The Hall–Kier alpha value is -0.913. The van der Waals surface area contributed by atoms with Crippen molar-refractivity contribution in [1.82, 2.24) is 10.2 Å². The first-order valence-electron chi connectivity index (χ1n) is 7.34. The van der Waals surface area contributed by atoms with E-state index in [-0.39, 0.29) is 18.7 Å². The molecule has 1 rings (SSSR count). The maximum atomic E-state index is 11.9. The van der Waals surface area contributed by atoms with Crippen molar-refractivity contribution in [2.45, 2.75) is 38.3 Å². The second-order valence-electron chi connectivity index (χ2n) is 5.05. The topological polar surface area (TPSA) is 103 Å². The standard InChI is InChI=1S/C13H25N3O5SSi/c1-10-15-16-13(22-10)14-9-12(18)8-11(17)6-5-7-23(19-2,20-3)21-4/h12,18H,5-9H2,1-4H3,(H,14,16). The van der Waals surface area contributed by atoms with Gasteiger partial charge >= 0.3 is 8.80 Å². The van der Waals surface area contributed by atoms with E-state index in [0.717, 1.165) is 5.01 Å². The van der Waals surface area contributed by atoms with E-state index >= 15 is 0 Å². The first-order valence-corrected chi connectivity index (χ1v) is 10.1. The predicted molar refractivity (Wildman–Crippen MR) is 89.6 cm³/mol. The van der Waals surface area contributed by atoms with Crippen LogP contribution in [-0.4, -0.2) is 63.9 Å². The SMILES string of the molecule is CO[Si](CCCC(=O)CC(O)CNc1nnc(C)s1)(OC)OC. The Labute approximate surface area is 141 Å². The van der Waals surface area contributed by atoms with Crippen LogP contribution in [0.1, 0.15) is 24.3 Å². The van der Waals surface area contributed by atoms with Crippen LogP contribution in [0.2, 0.25) is 6.04 Å². The molecule has 0 amide bonds. The normalized spacial score (nSPS) is 13.1. The average molecular weight is 364 g/mol. The molecule has 1 aromatic heterocycles. The van der Waals surface area contributed by atoms with Gasteiger partial charge in [-0.05, 0) is 13.3 Å². The van der Waals surface area contributed by atoms with Gasteiger partial charge in [-0.1, -0.05) is 11.3 Å². The number of rotatable bonds is 12. The maximum Gasteiger partial charge on any atom is 0.500 e. The molecule has 1 unspecified atom stereocenters. The van der Waals surface area contributed by atoms with Crippen LogP contribution in [0, 0.1) is 6.92 Å². The van der Waals surface area contributed by atoms with Crippen LogP contribution in [0.3, 0.4) is 0 Å². The molecule has 0 aliphatic carbocycles. The van der Waals surface area contributed by atoms with Crippen molar-refractivity contribution in [1.29, 1.82) is 0 Å². The second-order valence-corrected chi connectivity index (χ2v) is 9.33. The molecule has 2 N–H and O–H groups in total. The van der Waals surface area contributed by atoms with E-state index < -0.39 is 14.9 Å². The van der Waals surface area contributed by atoms with Crippen molar-refractivity contribution in [3.63, 3.8) is 0 Å². The zero-order valence-electron chi connectivity index (χ0n) is 14.0. The zero-order valence-corrected chi connectivity index (χ0v) is 15.8. The third-order valence-corrected chi connectivity index (χ3v) is 6.98. The van der Waals surface area contributed by atoms with E-state index in [0.29, 0.717) is 24.0 Å². The Balaban J connectivity index is 2.24. The van der Waals surface area contributed by atoms with Crippen LogP contribution in [0.5, 0.6) is 0 Å². The Morgan fingerprint density at radius 2 is 1.96 bits per heavy atom. The van der Waals surface area contributed by atoms with Gasteiger partial charge in [0, 0.05) is 46.8 Å². The van der Waals surface area contributed by atoms with Gasteiger partial charge in [0.05, 0.1) is 6.10 Å². The molecule has 23 heavy (non-hydrogen) atoms. The minimum absolute atomic E-state index is 0.000969. The molecule has 0 spiro atoms. The van der Waals surface area contributed by atoms with Crippen LogP contribution < -0.4 is 5.32 Å². The smallest absolute Gasteiger partial charge is 0.391 e. The fourth-order valence-electron chi connectivity index (χ4n) is 2.07. The highest BCUT2D eigenvalue weighted by Gasteiger charge is 2.37. The maximum absolute atomic E-state index is 11.9. The molecule has 1 atom stereocenters. The summed E-state index contributed by atoms with van der Waals surface area (Å²) in [7, 11) is 2.02. The third kappa shape index (κ3) is 7.02. The Bertz CT molecular complexity index is 476. The van der Waals surface area contributed by atoms with Gasteiger partial charge in [-0.2, -0.15) is 0 Å². The van der Waals surface area contributed by atoms with Crippen molar-refractivity contribution in [3.05, 3.63) is 5.01 Å². The number of hydrogen-bond donors (Lipinski definition) is 2. The van der Waals surface area contributed by atoms with Crippen molar-refractivity contribution in [2.24, 2.45) is 0 Å². The van der Waals surface area contributed by atoms with Crippen LogP contribution in [0.25, 0.3) is 0 Å². The fourth-order valence-corrected chi connectivity index (χ4v) is 4.39. The number of ketones is 1. The predicted octanol–water partition coefficient (Wildman–Crippen LogP) is 1.24. The number of Topliss-reactive ketones (excluding diaryl/α,β-unsaturated/α-hetero) is 1. The summed E-state index contributed by atoms with van der Waals surface area (Å²) in [4.78, 5) is 11.9. The Kier molecular flexibility index (Phi) is 8.80. The molecule has 0 radical (unpaired) electrons. The molecule has 0 bridgehead atoms. The minimum Gasteiger partial charge on any atom is -0.391 e. The summed E-state index contributed by atoms with van der Waals surface area (Å²) in [5, 5.41) is 22.1. The van der Waals surface area contributed by atoms with E-state index in [1.54, 1.807) is 21.3 Å². The lowest BCUT2D eigenvalue weighted by Gasteiger charge is -2.24. The molecular weight excluding hydrogens is 338 g/mol. The van der Waals surface area contributed by atoms with Crippen molar-refractivity contribution in [3.8, 4) is 0 Å². The molecule has 8 nitrogen and oxygen atoms in total.